The van der Waals surface area contributed by atoms with Crippen molar-refractivity contribution < 1.29 is 37.0 Å². The fraction of sp³-hybridized carbons (Fsp3) is 0.300. The number of para-hydroxylation sites is 1. The Morgan fingerprint density at radius 1 is 1.33 bits per heavy atom. The number of hydrogen-bond acceptors (Lipinski definition) is 6. The van der Waals surface area contributed by atoms with Crippen LogP contribution in [0.25, 0.3) is 0 Å². The molecule has 0 aromatic heterocycles. The second kappa shape index (κ2) is 8.53. The largest absolute Gasteiger partial charge is 0.491 e. The predicted octanol–water partition coefficient (Wildman–Crippen LogP) is 3.94. The minimum Gasteiger partial charge on any atom is -0.491 e. The lowest BCUT2D eigenvalue weighted by Crippen LogP contribution is -2.37. The van der Waals surface area contributed by atoms with Crippen LogP contribution in [-0.4, -0.2) is 31.5 Å². The van der Waals surface area contributed by atoms with Crippen LogP contribution in [0.2, 0.25) is 5.02 Å². The Balaban J connectivity index is 1.96. The molecule has 0 spiro atoms. The Morgan fingerprint density at radius 2 is 2.07 bits per heavy atom. The van der Waals surface area contributed by atoms with Gasteiger partial charge in [0.15, 0.2) is 5.78 Å². The first-order chi connectivity index (χ1) is 14.1. The Labute approximate surface area is 174 Å². The minimum absolute atomic E-state index is 0.127. The molecule has 2 N–H and O–H groups in total. The van der Waals surface area contributed by atoms with Gasteiger partial charge >= 0.3 is 12.1 Å². The number of esters is 1. The molecular weight excluding hydrogens is 427 g/mol. The maximum Gasteiger partial charge on any atom is 0.416 e. The normalized spacial score (nSPS) is 17.0. The van der Waals surface area contributed by atoms with Crippen LogP contribution < -0.4 is 15.2 Å². The van der Waals surface area contributed by atoms with Crippen LogP contribution in [-0.2, 0) is 15.7 Å². The first-order valence-electron chi connectivity index (χ1n) is 8.77. The van der Waals surface area contributed by atoms with E-state index >= 15 is 0 Å². The number of fused-ring (bicyclic) bond motifs is 1. The molecule has 0 saturated heterocycles. The number of halogens is 4. The smallest absolute Gasteiger partial charge is 0.416 e. The van der Waals surface area contributed by atoms with Crippen molar-refractivity contribution in [1.29, 1.82) is 0 Å². The molecule has 1 aliphatic rings. The van der Waals surface area contributed by atoms with Crippen LogP contribution >= 0.6 is 11.6 Å². The molecule has 1 aliphatic heterocycles. The Morgan fingerprint density at radius 3 is 2.73 bits per heavy atom. The van der Waals surface area contributed by atoms with Gasteiger partial charge in [-0.1, -0.05) is 23.7 Å². The van der Waals surface area contributed by atoms with Gasteiger partial charge in [-0.2, -0.15) is 13.2 Å². The van der Waals surface area contributed by atoms with E-state index in [9.17, 15) is 22.8 Å². The number of ketones is 1. The number of alkyl halides is 3. The summed E-state index contributed by atoms with van der Waals surface area (Å²) in [6, 6.07) is 6.29. The van der Waals surface area contributed by atoms with Crippen LogP contribution in [0.1, 0.15) is 34.0 Å². The molecule has 30 heavy (non-hydrogen) atoms. The Bertz CT molecular complexity index is 979. The van der Waals surface area contributed by atoms with Crippen LogP contribution in [0.3, 0.4) is 0 Å². The molecular formula is C20H17ClF3NO5. The van der Waals surface area contributed by atoms with Crippen molar-refractivity contribution in [2.75, 3.05) is 13.7 Å². The third-order valence-corrected chi connectivity index (χ3v) is 4.81. The second-order valence-corrected chi connectivity index (χ2v) is 6.95. The van der Waals surface area contributed by atoms with E-state index in [-0.39, 0.29) is 34.3 Å². The summed E-state index contributed by atoms with van der Waals surface area (Å²) in [6.45, 7) is -0.432. The van der Waals surface area contributed by atoms with E-state index in [0.29, 0.717) is 5.56 Å². The average molecular weight is 444 g/mol. The molecule has 0 aliphatic carbocycles. The van der Waals surface area contributed by atoms with Crippen molar-refractivity contribution in [2.24, 2.45) is 5.73 Å². The van der Waals surface area contributed by atoms with Gasteiger partial charge in [-0.3, -0.25) is 9.59 Å². The minimum atomic E-state index is -4.62. The standard InChI is InChI=1S/C20H17ClF3NO5/c1-28-19(27)14(25)9-29-16-7-10(20(22,23)24)5-6-12(16)17-8-15(26)11-3-2-4-13(21)18(11)30-17/h2-7,14,17H,8-9,25H2,1H3/t14-,17?/m1/s1. The van der Waals surface area contributed by atoms with Crippen LogP contribution in [0.5, 0.6) is 11.5 Å². The lowest BCUT2D eigenvalue weighted by Gasteiger charge is -2.28. The molecule has 0 fully saturated rings. The van der Waals surface area contributed by atoms with Crippen molar-refractivity contribution in [1.82, 2.24) is 0 Å². The zero-order valence-electron chi connectivity index (χ0n) is 15.7. The van der Waals surface area contributed by atoms with Gasteiger partial charge in [0.2, 0.25) is 0 Å². The van der Waals surface area contributed by atoms with Gasteiger partial charge in [0.1, 0.15) is 30.3 Å². The van der Waals surface area contributed by atoms with Crippen molar-refractivity contribution in [3.05, 3.63) is 58.1 Å². The first kappa shape index (κ1) is 21.9. The molecule has 0 bridgehead atoms. The fourth-order valence-corrected chi connectivity index (χ4v) is 3.20. The molecule has 2 aromatic rings. The fourth-order valence-electron chi connectivity index (χ4n) is 2.98. The van der Waals surface area contributed by atoms with E-state index in [0.717, 1.165) is 19.2 Å². The van der Waals surface area contributed by atoms with Crippen LogP contribution in [0, 0.1) is 0 Å². The maximum atomic E-state index is 13.2. The first-order valence-corrected chi connectivity index (χ1v) is 9.15. The summed E-state index contributed by atoms with van der Waals surface area (Å²) in [5.41, 5.74) is 5.13. The predicted molar refractivity (Wildman–Crippen MR) is 101 cm³/mol. The number of methoxy groups -OCH3 is 1. The summed E-state index contributed by atoms with van der Waals surface area (Å²) in [7, 11) is 1.13. The number of ether oxygens (including phenoxy) is 3. The Kier molecular flexibility index (Phi) is 6.23. The highest BCUT2D eigenvalue weighted by atomic mass is 35.5. The molecule has 0 saturated carbocycles. The lowest BCUT2D eigenvalue weighted by atomic mass is 9.95. The van der Waals surface area contributed by atoms with Gasteiger partial charge in [0.05, 0.1) is 29.7 Å². The highest BCUT2D eigenvalue weighted by Crippen LogP contribution is 2.43. The molecule has 1 heterocycles. The van der Waals surface area contributed by atoms with Gasteiger partial charge in [0.25, 0.3) is 0 Å². The van der Waals surface area contributed by atoms with Crippen molar-refractivity contribution >= 4 is 23.4 Å². The molecule has 10 heteroatoms. The van der Waals surface area contributed by atoms with Crippen molar-refractivity contribution in [3.63, 3.8) is 0 Å². The molecule has 2 aromatic carbocycles. The molecule has 160 valence electrons. The maximum absolute atomic E-state index is 13.2. The van der Waals surface area contributed by atoms with E-state index in [1.54, 1.807) is 12.1 Å². The molecule has 6 nitrogen and oxygen atoms in total. The van der Waals surface area contributed by atoms with Gasteiger partial charge < -0.3 is 19.9 Å². The topological polar surface area (TPSA) is 87.9 Å². The highest BCUT2D eigenvalue weighted by Gasteiger charge is 2.35. The molecule has 1 unspecified atom stereocenters. The van der Waals surface area contributed by atoms with E-state index in [1.807, 2.05) is 0 Å². The SMILES string of the molecule is COC(=O)[C@H](N)COc1cc(C(F)(F)F)ccc1C1CC(=O)c2cccc(Cl)c2O1. The van der Waals surface area contributed by atoms with E-state index in [4.69, 9.17) is 26.8 Å². The quantitative estimate of drug-likeness (QED) is 0.704. The number of carbonyl (C=O) groups is 2. The molecule has 3 rings (SSSR count). The van der Waals surface area contributed by atoms with E-state index in [1.165, 1.54) is 12.1 Å². The molecule has 0 amide bonds. The number of carbonyl (C=O) groups excluding carboxylic acids is 2. The lowest BCUT2D eigenvalue weighted by molar-refractivity contribution is -0.143. The summed E-state index contributed by atoms with van der Waals surface area (Å²) in [5, 5.41) is 0.202. The van der Waals surface area contributed by atoms with Gasteiger partial charge in [-0.25, -0.2) is 0 Å². The monoisotopic (exact) mass is 443 g/mol. The number of rotatable bonds is 5. The Hall–Kier alpha value is -2.78. The van der Waals surface area contributed by atoms with Crippen molar-refractivity contribution in [3.8, 4) is 11.5 Å². The molecule has 0 radical (unpaired) electrons. The number of hydrogen-bond donors (Lipinski definition) is 1. The summed E-state index contributed by atoms with van der Waals surface area (Å²) in [5.74, 6) is -1.12. The molecule has 2 atom stereocenters. The van der Waals surface area contributed by atoms with E-state index in [2.05, 4.69) is 4.74 Å². The zero-order chi connectivity index (χ0) is 22.1. The summed E-state index contributed by atoms with van der Waals surface area (Å²) >= 11 is 6.11. The third kappa shape index (κ3) is 4.52. The average Bonchev–Trinajstić information content (AvgIpc) is 2.71. The van der Waals surface area contributed by atoms with E-state index < -0.39 is 36.5 Å². The summed E-state index contributed by atoms with van der Waals surface area (Å²) in [6.07, 6.45) is -5.69. The highest BCUT2D eigenvalue weighted by molar-refractivity contribution is 6.32. The van der Waals surface area contributed by atoms with Crippen LogP contribution in [0.15, 0.2) is 36.4 Å². The van der Waals surface area contributed by atoms with Gasteiger partial charge in [0, 0.05) is 5.56 Å². The summed E-state index contributed by atoms with van der Waals surface area (Å²) in [4.78, 5) is 24.0. The van der Waals surface area contributed by atoms with Gasteiger partial charge in [-0.15, -0.1) is 0 Å². The number of Topliss-reactive ketones (excluding diaryl/α,β-unsaturated/α-hetero) is 1. The van der Waals surface area contributed by atoms with Crippen LogP contribution in [0.4, 0.5) is 13.2 Å². The van der Waals surface area contributed by atoms with Gasteiger partial charge in [-0.05, 0) is 24.3 Å². The summed E-state index contributed by atoms with van der Waals surface area (Å²) < 4.78 is 55.3. The number of benzene rings is 2. The van der Waals surface area contributed by atoms with Crippen molar-refractivity contribution in [2.45, 2.75) is 24.7 Å². The third-order valence-electron chi connectivity index (χ3n) is 4.51. The second-order valence-electron chi connectivity index (χ2n) is 6.54. The number of nitrogens with two attached hydrogens (primary N) is 1. The zero-order valence-corrected chi connectivity index (χ0v) is 16.4.